The molecule has 0 spiro atoms. The lowest BCUT2D eigenvalue weighted by molar-refractivity contribution is -0.135. The SMILES string of the molecule is COC(C(=O)Nc1ccnn1C1CCN(C(=O)C2C(C)(C)C2(C)C)CC1)c1ccccc1. The number of piperidine rings is 1. The number of carbonyl (C=O) groups is 2. The van der Waals surface area contributed by atoms with E-state index in [9.17, 15) is 9.59 Å². The minimum absolute atomic E-state index is 0.0526. The number of amides is 2. The third-order valence-corrected chi connectivity index (χ3v) is 7.89. The van der Waals surface area contributed by atoms with Crippen molar-refractivity contribution in [2.24, 2.45) is 16.7 Å². The van der Waals surface area contributed by atoms with Crippen LogP contribution in [0.3, 0.4) is 0 Å². The van der Waals surface area contributed by atoms with Gasteiger partial charge >= 0.3 is 0 Å². The number of aromatic nitrogens is 2. The lowest BCUT2D eigenvalue weighted by Gasteiger charge is -2.33. The quantitative estimate of drug-likeness (QED) is 0.738. The van der Waals surface area contributed by atoms with E-state index in [2.05, 4.69) is 38.1 Å². The van der Waals surface area contributed by atoms with Crippen LogP contribution in [0.15, 0.2) is 42.6 Å². The van der Waals surface area contributed by atoms with Crippen LogP contribution < -0.4 is 5.32 Å². The second kappa shape index (κ2) is 8.35. The summed E-state index contributed by atoms with van der Waals surface area (Å²) in [7, 11) is 1.53. The van der Waals surface area contributed by atoms with Crippen molar-refractivity contribution in [3.8, 4) is 0 Å². The molecule has 1 N–H and O–H groups in total. The normalized spacial score (nSPS) is 21.2. The van der Waals surface area contributed by atoms with E-state index < -0.39 is 6.10 Å². The molecular formula is C25H34N4O3. The van der Waals surface area contributed by atoms with Crippen LogP contribution in [0.5, 0.6) is 0 Å². The highest BCUT2D eigenvalue weighted by Crippen LogP contribution is 2.68. The number of anilines is 1. The highest BCUT2D eigenvalue weighted by atomic mass is 16.5. The molecule has 2 aliphatic rings. The van der Waals surface area contributed by atoms with Crippen molar-refractivity contribution < 1.29 is 14.3 Å². The van der Waals surface area contributed by atoms with Gasteiger partial charge in [0.25, 0.3) is 5.91 Å². The lowest BCUT2D eigenvalue weighted by atomic mass is 10.0. The molecule has 1 atom stereocenters. The maximum atomic E-state index is 13.1. The summed E-state index contributed by atoms with van der Waals surface area (Å²) >= 11 is 0. The van der Waals surface area contributed by atoms with Gasteiger partial charge in [-0.2, -0.15) is 5.10 Å². The molecule has 32 heavy (non-hydrogen) atoms. The number of likely N-dealkylation sites (tertiary alicyclic amines) is 1. The van der Waals surface area contributed by atoms with Gasteiger partial charge < -0.3 is 15.0 Å². The summed E-state index contributed by atoms with van der Waals surface area (Å²) in [5.41, 5.74) is 0.907. The smallest absolute Gasteiger partial charge is 0.259 e. The van der Waals surface area contributed by atoms with Crippen molar-refractivity contribution in [3.63, 3.8) is 0 Å². The summed E-state index contributed by atoms with van der Waals surface area (Å²) in [6.07, 6.45) is 2.64. The number of benzene rings is 1. The van der Waals surface area contributed by atoms with E-state index in [1.54, 1.807) is 6.20 Å². The van der Waals surface area contributed by atoms with Gasteiger partial charge in [0, 0.05) is 32.2 Å². The molecule has 2 fully saturated rings. The standard InChI is InChI=1S/C25H34N4O3/c1-24(2)21(25(24,3)4)23(31)28-15-12-18(13-16-28)29-19(11-14-26-29)27-22(30)20(32-5)17-9-7-6-8-10-17/h6-11,14,18,20-21H,12-13,15-16H2,1-5H3,(H,27,30). The highest BCUT2D eigenvalue weighted by molar-refractivity contribution is 5.94. The van der Waals surface area contributed by atoms with E-state index in [0.29, 0.717) is 18.9 Å². The number of hydrogen-bond acceptors (Lipinski definition) is 4. The van der Waals surface area contributed by atoms with E-state index in [4.69, 9.17) is 4.74 Å². The Balaban J connectivity index is 1.38. The summed E-state index contributed by atoms with van der Waals surface area (Å²) in [4.78, 5) is 28.0. The Morgan fingerprint density at radius 1 is 1.06 bits per heavy atom. The van der Waals surface area contributed by atoms with E-state index in [-0.39, 0.29) is 34.6 Å². The molecule has 1 aliphatic heterocycles. The fourth-order valence-electron chi connectivity index (χ4n) is 5.25. The van der Waals surface area contributed by atoms with Crippen LogP contribution in [0.2, 0.25) is 0 Å². The van der Waals surface area contributed by atoms with Crippen LogP contribution in [-0.4, -0.2) is 46.7 Å². The maximum Gasteiger partial charge on any atom is 0.259 e. The minimum atomic E-state index is -0.690. The van der Waals surface area contributed by atoms with Crippen molar-refractivity contribution in [1.29, 1.82) is 0 Å². The minimum Gasteiger partial charge on any atom is -0.367 e. The number of nitrogens with zero attached hydrogens (tertiary/aromatic N) is 3. The van der Waals surface area contributed by atoms with Gasteiger partial charge in [-0.3, -0.25) is 9.59 Å². The van der Waals surface area contributed by atoms with E-state index in [1.807, 2.05) is 46.0 Å². The molecule has 0 bridgehead atoms. The molecule has 0 radical (unpaired) electrons. The molecule has 1 aliphatic carbocycles. The van der Waals surface area contributed by atoms with Crippen molar-refractivity contribution in [3.05, 3.63) is 48.2 Å². The molecule has 7 heteroatoms. The predicted molar refractivity (Wildman–Crippen MR) is 123 cm³/mol. The van der Waals surface area contributed by atoms with Crippen molar-refractivity contribution in [2.75, 3.05) is 25.5 Å². The molecule has 1 unspecified atom stereocenters. The average Bonchev–Trinajstić information content (AvgIpc) is 3.06. The molecule has 1 aromatic carbocycles. The second-order valence-corrected chi connectivity index (χ2v) is 10.1. The summed E-state index contributed by atoms with van der Waals surface area (Å²) < 4.78 is 7.33. The third kappa shape index (κ3) is 3.83. The topological polar surface area (TPSA) is 76.5 Å². The summed E-state index contributed by atoms with van der Waals surface area (Å²) in [5.74, 6) is 0.793. The fraction of sp³-hybridized carbons (Fsp3) is 0.560. The van der Waals surface area contributed by atoms with Gasteiger partial charge in [0.15, 0.2) is 6.10 Å². The van der Waals surface area contributed by atoms with Crippen LogP contribution in [-0.2, 0) is 14.3 Å². The van der Waals surface area contributed by atoms with Crippen LogP contribution in [0.4, 0.5) is 5.82 Å². The van der Waals surface area contributed by atoms with Gasteiger partial charge in [-0.25, -0.2) is 4.68 Å². The number of ether oxygens (including phenoxy) is 1. The Kier molecular flexibility index (Phi) is 5.88. The van der Waals surface area contributed by atoms with Crippen LogP contribution in [0.1, 0.15) is 58.2 Å². The molecule has 2 aromatic rings. The van der Waals surface area contributed by atoms with Crippen molar-refractivity contribution >= 4 is 17.6 Å². The Morgan fingerprint density at radius 2 is 1.69 bits per heavy atom. The summed E-state index contributed by atoms with van der Waals surface area (Å²) in [6, 6.07) is 11.4. The molecule has 1 saturated heterocycles. The molecule has 1 saturated carbocycles. The van der Waals surface area contributed by atoms with Crippen LogP contribution >= 0.6 is 0 Å². The third-order valence-electron chi connectivity index (χ3n) is 7.89. The first kappa shape index (κ1) is 22.5. The number of rotatable bonds is 6. The van der Waals surface area contributed by atoms with E-state index in [0.717, 1.165) is 18.4 Å². The zero-order chi connectivity index (χ0) is 23.1. The predicted octanol–water partition coefficient (Wildman–Crippen LogP) is 4.06. The van der Waals surface area contributed by atoms with Gasteiger partial charge in [0.05, 0.1) is 12.2 Å². The largest absolute Gasteiger partial charge is 0.367 e. The Labute approximate surface area is 190 Å². The van der Waals surface area contributed by atoms with Gasteiger partial charge in [0.1, 0.15) is 5.82 Å². The summed E-state index contributed by atoms with van der Waals surface area (Å²) in [5, 5.41) is 7.45. The molecule has 2 heterocycles. The van der Waals surface area contributed by atoms with E-state index in [1.165, 1.54) is 7.11 Å². The van der Waals surface area contributed by atoms with Crippen LogP contribution in [0.25, 0.3) is 0 Å². The molecule has 4 rings (SSSR count). The number of carbonyl (C=O) groups excluding carboxylic acids is 2. The average molecular weight is 439 g/mol. The fourth-order valence-corrected chi connectivity index (χ4v) is 5.25. The maximum absolute atomic E-state index is 13.1. The first-order chi connectivity index (χ1) is 15.2. The Morgan fingerprint density at radius 3 is 2.25 bits per heavy atom. The van der Waals surface area contributed by atoms with Crippen molar-refractivity contribution in [2.45, 2.75) is 52.7 Å². The first-order valence-electron chi connectivity index (χ1n) is 11.4. The van der Waals surface area contributed by atoms with Crippen molar-refractivity contribution in [1.82, 2.24) is 14.7 Å². The molecule has 1 aromatic heterocycles. The van der Waals surface area contributed by atoms with Gasteiger partial charge in [-0.05, 0) is 29.2 Å². The molecule has 172 valence electrons. The summed E-state index contributed by atoms with van der Waals surface area (Å²) in [6.45, 7) is 10.2. The number of methoxy groups -OCH3 is 1. The van der Waals surface area contributed by atoms with Gasteiger partial charge in [-0.1, -0.05) is 58.0 Å². The second-order valence-electron chi connectivity index (χ2n) is 10.1. The number of hydrogen-bond donors (Lipinski definition) is 1. The molecule has 2 amide bonds. The van der Waals surface area contributed by atoms with Gasteiger partial charge in [0.2, 0.25) is 5.91 Å². The Hall–Kier alpha value is -2.67. The molecular weight excluding hydrogens is 404 g/mol. The van der Waals surface area contributed by atoms with E-state index >= 15 is 0 Å². The monoisotopic (exact) mass is 438 g/mol. The zero-order valence-electron chi connectivity index (χ0n) is 19.7. The zero-order valence-corrected chi connectivity index (χ0v) is 19.7. The molecule has 7 nitrogen and oxygen atoms in total. The highest BCUT2D eigenvalue weighted by Gasteiger charge is 2.68. The lowest BCUT2D eigenvalue weighted by Crippen LogP contribution is -2.41. The Bertz CT molecular complexity index is 960. The van der Waals surface area contributed by atoms with Gasteiger partial charge in [-0.15, -0.1) is 0 Å². The number of nitrogens with one attached hydrogen (secondary N) is 1. The van der Waals surface area contributed by atoms with Crippen LogP contribution in [0, 0.1) is 16.7 Å². The first-order valence-corrected chi connectivity index (χ1v) is 11.4.